The monoisotopic (exact) mass is 321 g/mol. The fourth-order valence-corrected chi connectivity index (χ4v) is 4.51. The molecule has 0 heterocycles. The number of hydrogen-bond acceptors (Lipinski definition) is 6. The quantitative estimate of drug-likeness (QED) is 0.486. The highest BCUT2D eigenvalue weighted by atomic mass is 32.3. The summed E-state index contributed by atoms with van der Waals surface area (Å²) in [5.41, 5.74) is 5.39. The molecule has 0 fully saturated rings. The van der Waals surface area contributed by atoms with E-state index < -0.39 is 24.9 Å². The Hall–Kier alpha value is -1.81. The molecule has 0 radical (unpaired) electrons. The van der Waals surface area contributed by atoms with Gasteiger partial charge in [0, 0.05) is 11.8 Å². The number of hydrogen-bond donors (Lipinski definition) is 3. The second-order valence-corrected chi connectivity index (χ2v) is 8.28. The van der Waals surface area contributed by atoms with Crippen molar-refractivity contribution in [3.8, 4) is 5.75 Å². The maximum Gasteiger partial charge on any atom is 0.247 e. The van der Waals surface area contributed by atoms with Crippen LogP contribution in [0.15, 0.2) is 18.2 Å². The number of ether oxygens (including phenoxy) is 1. The highest BCUT2D eigenvalue weighted by Gasteiger charge is 2.22. The van der Waals surface area contributed by atoms with Gasteiger partial charge in [-0.05, 0) is 12.1 Å². The zero-order valence-electron chi connectivity index (χ0n) is 10.9. The zero-order chi connectivity index (χ0) is 15.6. The minimum absolute atomic E-state index is 0.0637. The lowest BCUT2D eigenvalue weighted by atomic mass is 10.1. The Labute approximate surface area is 117 Å². The van der Waals surface area contributed by atoms with Crippen LogP contribution in [0.25, 0.3) is 0 Å². The number of nitrogens with one attached hydrogen (secondary N) is 2. The Balaban J connectivity index is 3.30. The van der Waals surface area contributed by atoms with E-state index in [1.807, 2.05) is 0 Å². The first kappa shape index (κ1) is 16.2. The lowest BCUT2D eigenvalue weighted by Crippen LogP contribution is -2.24. The van der Waals surface area contributed by atoms with Crippen molar-refractivity contribution in [1.82, 2.24) is 0 Å². The maximum absolute atomic E-state index is 11.8. The number of benzene rings is 1. The van der Waals surface area contributed by atoms with E-state index in [2.05, 4.69) is 4.72 Å². The van der Waals surface area contributed by atoms with Gasteiger partial charge in [0.2, 0.25) is 10.0 Å². The molecule has 0 atom stereocenters. The van der Waals surface area contributed by atoms with Crippen molar-refractivity contribution in [2.24, 2.45) is 5.73 Å². The Kier molecular flexibility index (Phi) is 4.61. The summed E-state index contributed by atoms with van der Waals surface area (Å²) in [7, 11) is -6.57. The van der Waals surface area contributed by atoms with Gasteiger partial charge >= 0.3 is 0 Å². The molecular formula is C10H15N3O5S2. The van der Waals surface area contributed by atoms with Gasteiger partial charge in [-0.15, -0.1) is 0 Å². The van der Waals surface area contributed by atoms with E-state index in [1.165, 1.54) is 25.3 Å². The number of sulfonamides is 1. The SMILES string of the molecule is COc1cccc(C(=N)N)c1NS(=O)(=O)CS(C)(=O)=O. The fourth-order valence-electron chi connectivity index (χ4n) is 1.50. The van der Waals surface area contributed by atoms with Crippen molar-refractivity contribution in [1.29, 1.82) is 5.41 Å². The molecule has 0 saturated heterocycles. The molecule has 0 amide bonds. The summed E-state index contributed by atoms with van der Waals surface area (Å²) in [6.07, 6.45) is 0.806. The predicted octanol–water partition coefficient (Wildman–Crippen LogP) is -0.277. The highest BCUT2D eigenvalue weighted by molar-refractivity contribution is 8.08. The van der Waals surface area contributed by atoms with Gasteiger partial charge < -0.3 is 10.5 Å². The first-order valence-corrected chi connectivity index (χ1v) is 8.96. The van der Waals surface area contributed by atoms with Crippen molar-refractivity contribution in [2.45, 2.75) is 0 Å². The van der Waals surface area contributed by atoms with Crippen LogP contribution in [0.1, 0.15) is 5.56 Å². The highest BCUT2D eigenvalue weighted by Crippen LogP contribution is 2.29. The van der Waals surface area contributed by atoms with Crippen LogP contribution < -0.4 is 15.2 Å². The van der Waals surface area contributed by atoms with E-state index in [-0.39, 0.29) is 22.8 Å². The number of para-hydroxylation sites is 1. The Morgan fingerprint density at radius 1 is 1.35 bits per heavy atom. The molecule has 10 heteroatoms. The first-order chi connectivity index (χ1) is 9.06. The van der Waals surface area contributed by atoms with Crippen LogP contribution in [0.3, 0.4) is 0 Å². The zero-order valence-corrected chi connectivity index (χ0v) is 12.5. The fraction of sp³-hybridized carbons (Fsp3) is 0.300. The number of sulfone groups is 1. The second kappa shape index (κ2) is 5.67. The van der Waals surface area contributed by atoms with E-state index in [4.69, 9.17) is 15.9 Å². The predicted molar refractivity (Wildman–Crippen MR) is 76.3 cm³/mol. The Morgan fingerprint density at radius 3 is 2.40 bits per heavy atom. The molecule has 0 aromatic heterocycles. The van der Waals surface area contributed by atoms with Crippen molar-refractivity contribution in [3.05, 3.63) is 23.8 Å². The van der Waals surface area contributed by atoms with Crippen molar-refractivity contribution in [2.75, 3.05) is 23.2 Å². The van der Waals surface area contributed by atoms with Gasteiger partial charge in [0.05, 0.1) is 7.11 Å². The minimum Gasteiger partial charge on any atom is -0.495 e. The third kappa shape index (κ3) is 4.38. The molecular weight excluding hydrogens is 306 g/mol. The third-order valence-corrected chi connectivity index (χ3v) is 5.63. The van der Waals surface area contributed by atoms with Crippen LogP contribution in [-0.4, -0.2) is 41.1 Å². The van der Waals surface area contributed by atoms with E-state index in [0.717, 1.165) is 6.26 Å². The first-order valence-electron chi connectivity index (χ1n) is 5.25. The molecule has 1 aromatic carbocycles. The Morgan fingerprint density at radius 2 is 1.95 bits per heavy atom. The molecule has 1 aromatic rings. The number of methoxy groups -OCH3 is 1. The van der Waals surface area contributed by atoms with Crippen LogP contribution in [0, 0.1) is 5.41 Å². The van der Waals surface area contributed by atoms with Gasteiger partial charge in [-0.2, -0.15) is 0 Å². The smallest absolute Gasteiger partial charge is 0.247 e. The van der Waals surface area contributed by atoms with Gasteiger partial charge in [-0.3, -0.25) is 10.1 Å². The topological polar surface area (TPSA) is 139 Å². The molecule has 0 spiro atoms. The number of amidine groups is 1. The van der Waals surface area contributed by atoms with Crippen LogP contribution in [-0.2, 0) is 19.9 Å². The summed E-state index contributed by atoms with van der Waals surface area (Å²) in [5, 5.41) is 6.33. The summed E-state index contributed by atoms with van der Waals surface area (Å²) < 4.78 is 52.9. The molecule has 0 aliphatic rings. The minimum atomic E-state index is -4.15. The molecule has 0 bridgehead atoms. The molecule has 20 heavy (non-hydrogen) atoms. The van der Waals surface area contributed by atoms with Crippen molar-refractivity contribution >= 4 is 31.4 Å². The molecule has 0 aliphatic carbocycles. The van der Waals surface area contributed by atoms with Crippen LogP contribution >= 0.6 is 0 Å². The molecule has 0 aliphatic heterocycles. The molecule has 4 N–H and O–H groups in total. The average Bonchev–Trinajstić information content (AvgIpc) is 2.24. The molecule has 8 nitrogen and oxygen atoms in total. The van der Waals surface area contributed by atoms with Crippen molar-refractivity contribution < 1.29 is 21.6 Å². The lowest BCUT2D eigenvalue weighted by molar-refractivity contribution is 0.417. The summed E-state index contributed by atoms with van der Waals surface area (Å²) in [6, 6.07) is 4.41. The van der Waals surface area contributed by atoms with E-state index in [0.29, 0.717) is 0 Å². The summed E-state index contributed by atoms with van der Waals surface area (Å²) in [6.45, 7) is 0. The van der Waals surface area contributed by atoms with Gasteiger partial charge in [0.25, 0.3) is 0 Å². The standard InChI is InChI=1S/C10H15N3O5S2/c1-18-8-5-3-4-7(10(11)12)9(8)13-20(16,17)6-19(2,14)15/h3-5,13H,6H2,1-2H3,(H3,11,12). The number of anilines is 1. The normalized spacial score (nSPS) is 11.9. The summed E-state index contributed by atoms with van der Waals surface area (Å²) in [4.78, 5) is 0. The largest absolute Gasteiger partial charge is 0.495 e. The lowest BCUT2D eigenvalue weighted by Gasteiger charge is -2.14. The Bertz CT molecular complexity index is 725. The maximum atomic E-state index is 11.8. The second-order valence-electron chi connectivity index (χ2n) is 4.06. The average molecular weight is 321 g/mol. The van der Waals surface area contributed by atoms with Gasteiger partial charge in [-0.25, -0.2) is 16.8 Å². The van der Waals surface area contributed by atoms with Gasteiger partial charge in [0.1, 0.15) is 17.3 Å². The van der Waals surface area contributed by atoms with E-state index >= 15 is 0 Å². The molecule has 0 saturated carbocycles. The van der Waals surface area contributed by atoms with E-state index in [1.54, 1.807) is 0 Å². The summed E-state index contributed by atoms with van der Waals surface area (Å²) >= 11 is 0. The molecule has 1 rings (SSSR count). The number of nitrogen functional groups attached to an aromatic ring is 1. The molecule has 112 valence electrons. The summed E-state index contributed by atoms with van der Waals surface area (Å²) in [5.74, 6) is -0.240. The van der Waals surface area contributed by atoms with Gasteiger partial charge in [0.15, 0.2) is 14.9 Å². The number of nitrogens with two attached hydrogens (primary N) is 1. The van der Waals surface area contributed by atoms with E-state index in [9.17, 15) is 16.8 Å². The third-order valence-electron chi connectivity index (χ3n) is 2.16. The van der Waals surface area contributed by atoms with Crippen molar-refractivity contribution in [3.63, 3.8) is 0 Å². The van der Waals surface area contributed by atoms with Crippen LogP contribution in [0.4, 0.5) is 5.69 Å². The van der Waals surface area contributed by atoms with Crippen LogP contribution in [0.2, 0.25) is 0 Å². The van der Waals surface area contributed by atoms with Crippen LogP contribution in [0.5, 0.6) is 5.75 Å². The van der Waals surface area contributed by atoms with Gasteiger partial charge in [-0.1, -0.05) is 6.07 Å². The number of rotatable bonds is 6. The molecule has 0 unspecified atom stereocenters.